The third-order valence-corrected chi connectivity index (χ3v) is 3.97. The van der Waals surface area contributed by atoms with Gasteiger partial charge < -0.3 is 4.90 Å². The number of hydrogen-bond acceptors (Lipinski definition) is 1. The number of hydrogen-bond donors (Lipinski definition) is 0. The molecule has 0 aliphatic carbocycles. The third kappa shape index (κ3) is 2.30. The van der Waals surface area contributed by atoms with Crippen LogP contribution in [0.3, 0.4) is 0 Å². The summed E-state index contributed by atoms with van der Waals surface area (Å²) < 4.78 is 0. The Hall–Kier alpha value is -1.51. The summed E-state index contributed by atoms with van der Waals surface area (Å²) in [5.74, 6) is -0.0631. The number of benzene rings is 2. The van der Waals surface area contributed by atoms with E-state index in [0.717, 1.165) is 12.1 Å². The normalized spacial score (nSPS) is 17.1. The standard InChI is InChI=1S/C16H13Cl2NO/c1-10-6-11-4-2-3-5-15(11)19(10)16(20)12-7-13(17)9-14(18)8-12/h2-5,7-10H,6H2,1H3. The number of carbonyl (C=O) groups is 1. The Labute approximate surface area is 127 Å². The lowest BCUT2D eigenvalue weighted by Gasteiger charge is -2.23. The van der Waals surface area contributed by atoms with E-state index < -0.39 is 0 Å². The van der Waals surface area contributed by atoms with Crippen LogP contribution in [0.15, 0.2) is 42.5 Å². The molecule has 102 valence electrons. The number of fused-ring (bicyclic) bond motifs is 1. The molecule has 1 aliphatic rings. The molecule has 1 heterocycles. The van der Waals surface area contributed by atoms with Crippen LogP contribution in [0.25, 0.3) is 0 Å². The summed E-state index contributed by atoms with van der Waals surface area (Å²) in [6.07, 6.45) is 0.871. The van der Waals surface area contributed by atoms with Crippen LogP contribution in [0.5, 0.6) is 0 Å². The fourth-order valence-corrected chi connectivity index (χ4v) is 3.22. The van der Waals surface area contributed by atoms with Crippen LogP contribution in [0.4, 0.5) is 5.69 Å². The Balaban J connectivity index is 2.02. The highest BCUT2D eigenvalue weighted by atomic mass is 35.5. The third-order valence-electron chi connectivity index (χ3n) is 3.54. The molecule has 20 heavy (non-hydrogen) atoms. The zero-order valence-corrected chi connectivity index (χ0v) is 12.4. The lowest BCUT2D eigenvalue weighted by molar-refractivity contribution is 0.0981. The average molecular weight is 306 g/mol. The van der Waals surface area contributed by atoms with E-state index in [9.17, 15) is 4.79 Å². The fraction of sp³-hybridized carbons (Fsp3) is 0.188. The van der Waals surface area contributed by atoms with E-state index in [1.165, 1.54) is 5.56 Å². The van der Waals surface area contributed by atoms with Gasteiger partial charge in [0.1, 0.15) is 0 Å². The zero-order valence-electron chi connectivity index (χ0n) is 10.9. The SMILES string of the molecule is CC1Cc2ccccc2N1C(=O)c1cc(Cl)cc(Cl)c1. The van der Waals surface area contributed by atoms with Gasteiger partial charge in [0.2, 0.25) is 0 Å². The number of rotatable bonds is 1. The molecule has 0 aromatic heterocycles. The molecule has 0 saturated heterocycles. The zero-order chi connectivity index (χ0) is 14.3. The molecule has 1 amide bonds. The number of carbonyl (C=O) groups excluding carboxylic acids is 1. The van der Waals surface area contributed by atoms with Crippen LogP contribution in [0.1, 0.15) is 22.8 Å². The number of nitrogens with zero attached hydrogens (tertiary/aromatic N) is 1. The van der Waals surface area contributed by atoms with E-state index in [1.807, 2.05) is 30.0 Å². The summed E-state index contributed by atoms with van der Waals surface area (Å²) in [5.41, 5.74) is 2.69. The smallest absolute Gasteiger partial charge is 0.258 e. The molecular formula is C16H13Cl2NO. The van der Waals surface area contributed by atoms with Gasteiger partial charge in [-0.25, -0.2) is 0 Å². The summed E-state index contributed by atoms with van der Waals surface area (Å²) in [4.78, 5) is 14.5. The van der Waals surface area contributed by atoms with E-state index in [4.69, 9.17) is 23.2 Å². The number of para-hydroxylation sites is 1. The Kier molecular flexibility index (Phi) is 3.45. The molecule has 0 N–H and O–H groups in total. The number of anilines is 1. The second-order valence-electron chi connectivity index (χ2n) is 5.02. The number of halogens is 2. The lowest BCUT2D eigenvalue weighted by Crippen LogP contribution is -2.35. The van der Waals surface area contributed by atoms with E-state index >= 15 is 0 Å². The lowest BCUT2D eigenvalue weighted by atomic mass is 10.1. The molecule has 1 aliphatic heterocycles. The molecule has 1 atom stereocenters. The quantitative estimate of drug-likeness (QED) is 0.755. The molecule has 4 heteroatoms. The molecule has 0 bridgehead atoms. The van der Waals surface area contributed by atoms with Gasteiger partial charge in [-0.05, 0) is 43.2 Å². The summed E-state index contributed by atoms with van der Waals surface area (Å²) in [5, 5.41) is 0.946. The molecule has 2 aromatic carbocycles. The maximum atomic E-state index is 12.7. The maximum absolute atomic E-state index is 12.7. The topological polar surface area (TPSA) is 20.3 Å². The van der Waals surface area contributed by atoms with Crippen molar-refractivity contribution in [1.82, 2.24) is 0 Å². The van der Waals surface area contributed by atoms with Crippen molar-refractivity contribution in [2.45, 2.75) is 19.4 Å². The molecule has 0 radical (unpaired) electrons. The second kappa shape index (κ2) is 5.12. The maximum Gasteiger partial charge on any atom is 0.258 e. The highest BCUT2D eigenvalue weighted by Gasteiger charge is 2.31. The van der Waals surface area contributed by atoms with Gasteiger partial charge in [-0.15, -0.1) is 0 Å². The molecule has 0 fully saturated rings. The van der Waals surface area contributed by atoms with Crippen LogP contribution in [-0.4, -0.2) is 11.9 Å². The van der Waals surface area contributed by atoms with Gasteiger partial charge in [-0.1, -0.05) is 41.4 Å². The van der Waals surface area contributed by atoms with Gasteiger partial charge >= 0.3 is 0 Å². The molecule has 0 spiro atoms. The fourth-order valence-electron chi connectivity index (χ4n) is 2.69. The van der Waals surface area contributed by atoms with Gasteiger partial charge in [-0.2, -0.15) is 0 Å². The average Bonchev–Trinajstić information content (AvgIpc) is 2.72. The van der Waals surface area contributed by atoms with Crippen molar-refractivity contribution >= 4 is 34.8 Å². The van der Waals surface area contributed by atoms with E-state index in [2.05, 4.69) is 6.07 Å². The first-order valence-electron chi connectivity index (χ1n) is 6.44. The Morgan fingerprint density at radius 1 is 1.15 bits per heavy atom. The monoisotopic (exact) mass is 305 g/mol. The van der Waals surface area contributed by atoms with E-state index in [1.54, 1.807) is 18.2 Å². The van der Waals surface area contributed by atoms with Crippen molar-refractivity contribution in [1.29, 1.82) is 0 Å². The van der Waals surface area contributed by atoms with Crippen LogP contribution in [0.2, 0.25) is 10.0 Å². The molecule has 2 aromatic rings. The molecule has 0 saturated carbocycles. The minimum atomic E-state index is -0.0631. The first kappa shape index (κ1) is 13.5. The Bertz CT molecular complexity index is 664. The van der Waals surface area contributed by atoms with Gasteiger partial charge in [0.15, 0.2) is 0 Å². The van der Waals surface area contributed by atoms with Crippen LogP contribution in [-0.2, 0) is 6.42 Å². The molecule has 3 rings (SSSR count). The summed E-state index contributed by atoms with van der Waals surface area (Å²) in [6.45, 7) is 2.05. The van der Waals surface area contributed by atoms with Gasteiger partial charge in [0.25, 0.3) is 5.91 Å². The minimum Gasteiger partial charge on any atom is -0.305 e. The van der Waals surface area contributed by atoms with Crippen molar-refractivity contribution in [2.75, 3.05) is 4.90 Å². The van der Waals surface area contributed by atoms with E-state index in [-0.39, 0.29) is 11.9 Å². The summed E-state index contributed by atoms with van der Waals surface area (Å²) in [6, 6.07) is 13.1. The first-order chi connectivity index (χ1) is 9.56. The van der Waals surface area contributed by atoms with Gasteiger partial charge in [0.05, 0.1) is 0 Å². The second-order valence-corrected chi connectivity index (χ2v) is 5.89. The predicted molar refractivity (Wildman–Crippen MR) is 82.9 cm³/mol. The van der Waals surface area contributed by atoms with Crippen molar-refractivity contribution < 1.29 is 4.79 Å². The largest absolute Gasteiger partial charge is 0.305 e. The molecule has 1 unspecified atom stereocenters. The first-order valence-corrected chi connectivity index (χ1v) is 7.19. The molecule has 2 nitrogen and oxygen atoms in total. The van der Waals surface area contributed by atoms with Crippen molar-refractivity contribution in [3.63, 3.8) is 0 Å². The Morgan fingerprint density at radius 2 is 1.80 bits per heavy atom. The number of amides is 1. The van der Waals surface area contributed by atoms with Crippen molar-refractivity contribution in [2.24, 2.45) is 0 Å². The van der Waals surface area contributed by atoms with Crippen molar-refractivity contribution in [3.05, 3.63) is 63.6 Å². The van der Waals surface area contributed by atoms with Crippen LogP contribution >= 0.6 is 23.2 Å². The van der Waals surface area contributed by atoms with Crippen LogP contribution in [0, 0.1) is 0 Å². The predicted octanol–water partition coefficient (Wildman–Crippen LogP) is 4.58. The Morgan fingerprint density at radius 3 is 2.50 bits per heavy atom. The summed E-state index contributed by atoms with van der Waals surface area (Å²) >= 11 is 12.0. The summed E-state index contributed by atoms with van der Waals surface area (Å²) in [7, 11) is 0. The highest BCUT2D eigenvalue weighted by Crippen LogP contribution is 2.33. The van der Waals surface area contributed by atoms with Crippen LogP contribution < -0.4 is 4.90 Å². The van der Waals surface area contributed by atoms with Gasteiger partial charge in [0, 0.05) is 27.3 Å². The highest BCUT2D eigenvalue weighted by molar-refractivity contribution is 6.35. The van der Waals surface area contributed by atoms with Gasteiger partial charge in [-0.3, -0.25) is 4.79 Å². The minimum absolute atomic E-state index is 0.0631. The van der Waals surface area contributed by atoms with Crippen molar-refractivity contribution in [3.8, 4) is 0 Å². The van der Waals surface area contributed by atoms with E-state index in [0.29, 0.717) is 15.6 Å². The molecular weight excluding hydrogens is 293 g/mol.